The third-order valence-electron chi connectivity index (χ3n) is 4.34. The molecule has 0 unspecified atom stereocenters. The van der Waals surface area contributed by atoms with E-state index in [1.807, 2.05) is 35.7 Å². The van der Waals surface area contributed by atoms with Crippen molar-refractivity contribution in [2.45, 2.75) is 32.1 Å². The molecule has 1 saturated carbocycles. The maximum atomic E-state index is 12.4. The fourth-order valence-corrected chi connectivity index (χ4v) is 3.85. The molecule has 136 valence electrons. The predicted molar refractivity (Wildman–Crippen MR) is 110 cm³/mol. The highest BCUT2D eigenvalue weighted by Crippen LogP contribution is 2.25. The number of carbonyl (C=O) groups is 2. The maximum absolute atomic E-state index is 12.4. The lowest BCUT2D eigenvalue weighted by Gasteiger charge is -2.21. The molecule has 1 aliphatic carbocycles. The molecule has 3 N–H and O–H groups in total. The van der Waals surface area contributed by atoms with Gasteiger partial charge in [-0.2, -0.15) is 0 Å². The van der Waals surface area contributed by atoms with Crippen molar-refractivity contribution in [3.8, 4) is 0 Å². The van der Waals surface area contributed by atoms with Gasteiger partial charge >= 0.3 is 0 Å². The number of thiophene rings is 1. The lowest BCUT2D eigenvalue weighted by molar-refractivity contribution is -0.120. The smallest absolute Gasteiger partial charge is 0.267 e. The van der Waals surface area contributed by atoms with Gasteiger partial charge in [-0.25, -0.2) is 0 Å². The van der Waals surface area contributed by atoms with Crippen LogP contribution in [-0.2, 0) is 4.79 Å². The molecule has 0 bridgehead atoms. The van der Waals surface area contributed by atoms with Crippen LogP contribution < -0.4 is 16.0 Å². The summed E-state index contributed by atoms with van der Waals surface area (Å²) in [6, 6.07) is 10.9. The van der Waals surface area contributed by atoms with Crippen LogP contribution in [0, 0.1) is 5.92 Å². The lowest BCUT2D eigenvalue weighted by Crippen LogP contribution is -2.33. The molecule has 1 aromatic carbocycles. The van der Waals surface area contributed by atoms with Crippen LogP contribution in [-0.4, -0.2) is 16.9 Å². The van der Waals surface area contributed by atoms with Crippen LogP contribution in [0.2, 0.25) is 0 Å². The van der Waals surface area contributed by atoms with Crippen molar-refractivity contribution >= 4 is 51.9 Å². The van der Waals surface area contributed by atoms with Gasteiger partial charge in [0.15, 0.2) is 5.11 Å². The van der Waals surface area contributed by atoms with Crippen LogP contribution in [0.1, 0.15) is 41.8 Å². The normalized spacial score (nSPS) is 14.5. The van der Waals surface area contributed by atoms with Crippen molar-refractivity contribution in [3.05, 3.63) is 46.7 Å². The first kappa shape index (κ1) is 18.5. The second kappa shape index (κ2) is 8.91. The molecule has 0 spiro atoms. The van der Waals surface area contributed by atoms with E-state index < -0.39 is 0 Å². The van der Waals surface area contributed by atoms with Crippen molar-refractivity contribution in [2.24, 2.45) is 5.92 Å². The monoisotopic (exact) mass is 387 g/mol. The number of rotatable bonds is 4. The highest BCUT2D eigenvalue weighted by atomic mass is 32.1. The molecule has 1 heterocycles. The molecule has 3 rings (SSSR count). The number of thiocarbonyl (C=S) groups is 1. The summed E-state index contributed by atoms with van der Waals surface area (Å²) in [6.07, 6.45) is 5.39. The minimum atomic E-state index is -0.237. The van der Waals surface area contributed by atoms with E-state index in [9.17, 15) is 9.59 Å². The Balaban J connectivity index is 1.55. The topological polar surface area (TPSA) is 70.2 Å². The predicted octanol–water partition coefficient (Wildman–Crippen LogP) is 4.39. The molecule has 0 saturated heterocycles. The average molecular weight is 388 g/mol. The highest BCUT2D eigenvalue weighted by molar-refractivity contribution is 7.80. The van der Waals surface area contributed by atoms with E-state index in [2.05, 4.69) is 16.0 Å². The lowest BCUT2D eigenvalue weighted by atomic mass is 9.88. The van der Waals surface area contributed by atoms with Crippen LogP contribution in [0.4, 0.5) is 11.4 Å². The number of amides is 2. The van der Waals surface area contributed by atoms with E-state index in [0.29, 0.717) is 10.6 Å². The number of carbonyl (C=O) groups excluding carboxylic acids is 2. The summed E-state index contributed by atoms with van der Waals surface area (Å²) >= 11 is 6.55. The SMILES string of the molecule is O=C(NC(=S)Nc1cccc(NC(=O)C2CCCCC2)c1)c1cccs1. The zero-order chi connectivity index (χ0) is 18.4. The molecule has 7 heteroatoms. The van der Waals surface area contributed by atoms with Crippen molar-refractivity contribution in [2.75, 3.05) is 10.6 Å². The molecule has 26 heavy (non-hydrogen) atoms. The Bertz CT molecular complexity index is 784. The largest absolute Gasteiger partial charge is 0.332 e. The summed E-state index contributed by atoms with van der Waals surface area (Å²) in [7, 11) is 0. The van der Waals surface area contributed by atoms with E-state index in [1.54, 1.807) is 6.07 Å². The Morgan fingerprint density at radius 2 is 1.73 bits per heavy atom. The average Bonchev–Trinajstić information content (AvgIpc) is 3.17. The van der Waals surface area contributed by atoms with Crippen molar-refractivity contribution in [1.29, 1.82) is 0 Å². The third kappa shape index (κ3) is 5.12. The molecular weight excluding hydrogens is 366 g/mol. The fourth-order valence-electron chi connectivity index (χ4n) is 3.02. The highest BCUT2D eigenvalue weighted by Gasteiger charge is 2.21. The first-order chi connectivity index (χ1) is 12.6. The number of benzene rings is 1. The number of nitrogens with one attached hydrogen (secondary N) is 3. The minimum absolute atomic E-state index is 0.0791. The zero-order valence-corrected chi connectivity index (χ0v) is 15.9. The van der Waals surface area contributed by atoms with E-state index in [4.69, 9.17) is 12.2 Å². The van der Waals surface area contributed by atoms with Gasteiger partial charge in [-0.3, -0.25) is 14.9 Å². The molecule has 5 nitrogen and oxygen atoms in total. The fraction of sp³-hybridized carbons (Fsp3) is 0.316. The Morgan fingerprint density at radius 1 is 1.00 bits per heavy atom. The van der Waals surface area contributed by atoms with E-state index in [-0.39, 0.29) is 22.8 Å². The molecule has 0 aliphatic heterocycles. The van der Waals surface area contributed by atoms with Gasteiger partial charge in [0.25, 0.3) is 5.91 Å². The van der Waals surface area contributed by atoms with Crippen molar-refractivity contribution in [1.82, 2.24) is 5.32 Å². The number of hydrogen-bond donors (Lipinski definition) is 3. The quantitative estimate of drug-likeness (QED) is 0.681. The molecular formula is C19H21N3O2S2. The number of hydrogen-bond acceptors (Lipinski definition) is 4. The van der Waals surface area contributed by atoms with Crippen LogP contribution in [0.25, 0.3) is 0 Å². The molecule has 1 fully saturated rings. The van der Waals surface area contributed by atoms with Gasteiger partial charge in [-0.05, 0) is 54.7 Å². The van der Waals surface area contributed by atoms with Crippen LogP contribution >= 0.6 is 23.6 Å². The van der Waals surface area contributed by atoms with E-state index >= 15 is 0 Å². The van der Waals surface area contributed by atoms with E-state index in [0.717, 1.165) is 31.4 Å². The molecule has 2 aromatic rings. The second-order valence-electron chi connectivity index (χ2n) is 6.29. The van der Waals surface area contributed by atoms with Crippen LogP contribution in [0.3, 0.4) is 0 Å². The first-order valence-corrected chi connectivity index (χ1v) is 9.97. The van der Waals surface area contributed by atoms with Gasteiger partial charge in [0.2, 0.25) is 5.91 Å². The van der Waals surface area contributed by atoms with Gasteiger partial charge in [0.05, 0.1) is 4.88 Å². The summed E-state index contributed by atoms with van der Waals surface area (Å²) in [5.74, 6) is -0.0544. The summed E-state index contributed by atoms with van der Waals surface area (Å²) in [5.41, 5.74) is 1.43. The minimum Gasteiger partial charge on any atom is -0.332 e. The zero-order valence-electron chi connectivity index (χ0n) is 14.3. The van der Waals surface area contributed by atoms with Gasteiger partial charge in [0, 0.05) is 17.3 Å². The molecule has 1 aromatic heterocycles. The molecule has 0 atom stereocenters. The standard InChI is InChI=1S/C19H21N3O2S2/c23-17(13-6-2-1-3-7-13)20-14-8-4-9-15(12-14)21-19(25)22-18(24)16-10-5-11-26-16/h4-5,8-13H,1-3,6-7H2,(H,20,23)(H2,21,22,24,25). The summed E-state index contributed by atoms with van der Waals surface area (Å²) in [5, 5.41) is 10.7. The Morgan fingerprint density at radius 3 is 2.42 bits per heavy atom. The van der Waals surface area contributed by atoms with Gasteiger partial charge in [-0.1, -0.05) is 31.4 Å². The van der Waals surface area contributed by atoms with Gasteiger partial charge in [0.1, 0.15) is 0 Å². The molecule has 0 radical (unpaired) electrons. The Hall–Kier alpha value is -2.25. The molecule has 2 amide bonds. The van der Waals surface area contributed by atoms with Gasteiger partial charge in [-0.15, -0.1) is 11.3 Å². The third-order valence-corrected chi connectivity index (χ3v) is 5.41. The number of anilines is 2. The summed E-state index contributed by atoms with van der Waals surface area (Å²) < 4.78 is 0. The van der Waals surface area contributed by atoms with Gasteiger partial charge < -0.3 is 10.6 Å². The summed E-state index contributed by atoms with van der Waals surface area (Å²) in [6.45, 7) is 0. The Kier molecular flexibility index (Phi) is 6.35. The van der Waals surface area contributed by atoms with Crippen molar-refractivity contribution in [3.63, 3.8) is 0 Å². The van der Waals surface area contributed by atoms with Crippen molar-refractivity contribution < 1.29 is 9.59 Å². The maximum Gasteiger partial charge on any atom is 0.267 e. The van der Waals surface area contributed by atoms with Crippen LogP contribution in [0.5, 0.6) is 0 Å². The first-order valence-electron chi connectivity index (χ1n) is 8.68. The van der Waals surface area contributed by atoms with Crippen LogP contribution in [0.15, 0.2) is 41.8 Å². The second-order valence-corrected chi connectivity index (χ2v) is 7.65. The summed E-state index contributed by atoms with van der Waals surface area (Å²) in [4.78, 5) is 25.0. The molecule has 1 aliphatic rings. The van der Waals surface area contributed by atoms with E-state index in [1.165, 1.54) is 17.8 Å². The Labute approximate surface area is 162 Å².